The van der Waals surface area contributed by atoms with Gasteiger partial charge in [0.1, 0.15) is 13.2 Å². The summed E-state index contributed by atoms with van der Waals surface area (Å²) in [7, 11) is 0. The Hall–Kier alpha value is -1.06. The third-order valence-electron chi connectivity index (χ3n) is 2.57. The summed E-state index contributed by atoms with van der Waals surface area (Å²) in [5, 5.41) is 0. The topological polar surface area (TPSA) is 52.6 Å². The molecular formula is C11H18O4. The molecule has 0 aliphatic heterocycles. The van der Waals surface area contributed by atoms with E-state index in [-0.39, 0.29) is 31.1 Å². The van der Waals surface area contributed by atoms with E-state index in [0.29, 0.717) is 0 Å². The molecule has 0 amide bonds. The molecular weight excluding hydrogens is 196 g/mol. The molecule has 1 rings (SSSR count). The quantitative estimate of drug-likeness (QED) is 0.527. The van der Waals surface area contributed by atoms with Gasteiger partial charge in [-0.3, -0.25) is 9.59 Å². The Balaban J connectivity index is 2.09. The lowest BCUT2D eigenvalue weighted by Crippen LogP contribution is -2.22. The van der Waals surface area contributed by atoms with E-state index in [0.717, 1.165) is 25.7 Å². The fourth-order valence-corrected chi connectivity index (χ4v) is 1.78. The van der Waals surface area contributed by atoms with Crippen LogP contribution >= 0.6 is 0 Å². The van der Waals surface area contributed by atoms with Gasteiger partial charge in [0.15, 0.2) is 0 Å². The highest BCUT2D eigenvalue weighted by molar-refractivity contribution is 5.72. The summed E-state index contributed by atoms with van der Waals surface area (Å²) in [5.41, 5.74) is 0. The molecule has 0 aromatic carbocycles. The van der Waals surface area contributed by atoms with Gasteiger partial charge in [-0.25, -0.2) is 0 Å². The van der Waals surface area contributed by atoms with Gasteiger partial charge in [0, 0.05) is 6.92 Å². The second-order valence-electron chi connectivity index (χ2n) is 3.84. The maximum atomic E-state index is 11.5. The standard InChI is InChI=1S/C11H18O4/c1-9(12)14-7-8-15-11(13)10-5-3-2-4-6-10/h10H,2-8H2,1H3. The molecule has 1 saturated carbocycles. The monoisotopic (exact) mass is 214 g/mol. The first kappa shape index (κ1) is 12.0. The summed E-state index contributed by atoms with van der Waals surface area (Å²) in [6.07, 6.45) is 5.32. The second kappa shape index (κ2) is 6.43. The van der Waals surface area contributed by atoms with Crippen LogP contribution in [0.2, 0.25) is 0 Å². The van der Waals surface area contributed by atoms with Crippen molar-refractivity contribution in [3.8, 4) is 0 Å². The van der Waals surface area contributed by atoms with Crippen LogP contribution in [0.4, 0.5) is 0 Å². The van der Waals surface area contributed by atoms with Crippen molar-refractivity contribution in [2.75, 3.05) is 13.2 Å². The van der Waals surface area contributed by atoms with Crippen molar-refractivity contribution in [1.82, 2.24) is 0 Å². The molecule has 4 heteroatoms. The number of hydrogen-bond acceptors (Lipinski definition) is 4. The van der Waals surface area contributed by atoms with Crippen LogP contribution in [0.15, 0.2) is 0 Å². The van der Waals surface area contributed by atoms with Crippen LogP contribution in [0.1, 0.15) is 39.0 Å². The van der Waals surface area contributed by atoms with Crippen molar-refractivity contribution in [2.45, 2.75) is 39.0 Å². The highest BCUT2D eigenvalue weighted by Crippen LogP contribution is 2.24. The summed E-state index contributed by atoms with van der Waals surface area (Å²) in [6.45, 7) is 1.67. The Labute approximate surface area is 89.9 Å². The zero-order chi connectivity index (χ0) is 11.1. The third-order valence-corrected chi connectivity index (χ3v) is 2.57. The zero-order valence-corrected chi connectivity index (χ0v) is 9.16. The van der Waals surface area contributed by atoms with E-state index in [1.54, 1.807) is 0 Å². The maximum Gasteiger partial charge on any atom is 0.309 e. The predicted molar refractivity (Wildman–Crippen MR) is 54.2 cm³/mol. The highest BCUT2D eigenvalue weighted by atomic mass is 16.6. The van der Waals surface area contributed by atoms with Crippen molar-refractivity contribution in [3.05, 3.63) is 0 Å². The average Bonchev–Trinajstić information content (AvgIpc) is 2.25. The number of rotatable bonds is 4. The molecule has 86 valence electrons. The largest absolute Gasteiger partial charge is 0.462 e. The summed E-state index contributed by atoms with van der Waals surface area (Å²) in [4.78, 5) is 21.9. The molecule has 15 heavy (non-hydrogen) atoms. The normalized spacial score (nSPS) is 17.1. The molecule has 1 aliphatic carbocycles. The number of esters is 2. The van der Waals surface area contributed by atoms with Crippen molar-refractivity contribution < 1.29 is 19.1 Å². The van der Waals surface area contributed by atoms with Gasteiger partial charge in [0.2, 0.25) is 0 Å². The van der Waals surface area contributed by atoms with E-state index in [2.05, 4.69) is 4.74 Å². The minimum Gasteiger partial charge on any atom is -0.462 e. The number of carbonyl (C=O) groups is 2. The lowest BCUT2D eigenvalue weighted by atomic mass is 9.89. The molecule has 0 bridgehead atoms. The molecule has 1 fully saturated rings. The van der Waals surface area contributed by atoms with E-state index in [4.69, 9.17) is 4.74 Å². The Morgan fingerprint density at radius 3 is 2.27 bits per heavy atom. The van der Waals surface area contributed by atoms with Gasteiger partial charge in [0.25, 0.3) is 0 Å². The van der Waals surface area contributed by atoms with Crippen LogP contribution in [0.3, 0.4) is 0 Å². The minimum atomic E-state index is -0.344. The van der Waals surface area contributed by atoms with Crippen molar-refractivity contribution in [3.63, 3.8) is 0 Å². The van der Waals surface area contributed by atoms with Crippen LogP contribution in [0, 0.1) is 5.92 Å². The van der Waals surface area contributed by atoms with Gasteiger partial charge in [-0.05, 0) is 12.8 Å². The molecule has 0 N–H and O–H groups in total. The minimum absolute atomic E-state index is 0.0658. The molecule has 0 aromatic rings. The lowest BCUT2D eigenvalue weighted by molar-refractivity contribution is -0.155. The number of ether oxygens (including phenoxy) is 2. The Morgan fingerprint density at radius 2 is 1.67 bits per heavy atom. The fourth-order valence-electron chi connectivity index (χ4n) is 1.78. The summed E-state index contributed by atoms with van der Waals surface area (Å²) in [5.74, 6) is -0.415. The summed E-state index contributed by atoms with van der Waals surface area (Å²) in [6, 6.07) is 0. The van der Waals surface area contributed by atoms with Gasteiger partial charge in [-0.2, -0.15) is 0 Å². The third kappa shape index (κ3) is 4.81. The van der Waals surface area contributed by atoms with Crippen molar-refractivity contribution in [2.24, 2.45) is 5.92 Å². The van der Waals surface area contributed by atoms with Gasteiger partial charge in [-0.15, -0.1) is 0 Å². The Bertz CT molecular complexity index is 219. The van der Waals surface area contributed by atoms with Crippen LogP contribution < -0.4 is 0 Å². The second-order valence-corrected chi connectivity index (χ2v) is 3.84. The molecule has 0 unspecified atom stereocenters. The first-order valence-corrected chi connectivity index (χ1v) is 5.50. The van der Waals surface area contributed by atoms with E-state index in [1.807, 2.05) is 0 Å². The zero-order valence-electron chi connectivity index (χ0n) is 9.16. The van der Waals surface area contributed by atoms with Gasteiger partial charge >= 0.3 is 11.9 Å². The molecule has 0 aromatic heterocycles. The predicted octanol–water partition coefficient (Wildman–Crippen LogP) is 1.67. The molecule has 0 radical (unpaired) electrons. The van der Waals surface area contributed by atoms with Crippen LogP contribution in [-0.2, 0) is 19.1 Å². The van der Waals surface area contributed by atoms with Crippen LogP contribution in [0.5, 0.6) is 0 Å². The molecule has 0 spiro atoms. The SMILES string of the molecule is CC(=O)OCCOC(=O)C1CCCCC1. The average molecular weight is 214 g/mol. The van der Waals surface area contributed by atoms with E-state index in [1.165, 1.54) is 13.3 Å². The van der Waals surface area contributed by atoms with Crippen molar-refractivity contribution >= 4 is 11.9 Å². The number of hydrogen-bond donors (Lipinski definition) is 0. The number of carbonyl (C=O) groups excluding carboxylic acids is 2. The Morgan fingerprint density at radius 1 is 1.07 bits per heavy atom. The van der Waals surface area contributed by atoms with E-state index < -0.39 is 0 Å². The molecule has 0 saturated heterocycles. The molecule has 1 aliphatic rings. The first-order valence-electron chi connectivity index (χ1n) is 5.50. The van der Waals surface area contributed by atoms with E-state index in [9.17, 15) is 9.59 Å². The summed E-state index contributed by atoms with van der Waals surface area (Å²) >= 11 is 0. The highest BCUT2D eigenvalue weighted by Gasteiger charge is 2.22. The molecule has 0 heterocycles. The molecule has 0 atom stereocenters. The van der Waals surface area contributed by atoms with Crippen LogP contribution in [-0.4, -0.2) is 25.2 Å². The fraction of sp³-hybridized carbons (Fsp3) is 0.818. The van der Waals surface area contributed by atoms with Gasteiger partial charge in [0.05, 0.1) is 5.92 Å². The van der Waals surface area contributed by atoms with E-state index >= 15 is 0 Å². The summed E-state index contributed by atoms with van der Waals surface area (Å²) < 4.78 is 9.68. The smallest absolute Gasteiger partial charge is 0.309 e. The first-order chi connectivity index (χ1) is 7.20. The maximum absolute atomic E-state index is 11.5. The Kier molecular flexibility index (Phi) is 5.15. The van der Waals surface area contributed by atoms with Gasteiger partial charge < -0.3 is 9.47 Å². The van der Waals surface area contributed by atoms with Crippen LogP contribution in [0.25, 0.3) is 0 Å². The lowest BCUT2D eigenvalue weighted by Gasteiger charge is -2.19. The van der Waals surface area contributed by atoms with Gasteiger partial charge in [-0.1, -0.05) is 19.3 Å². The molecule has 4 nitrogen and oxygen atoms in total. The van der Waals surface area contributed by atoms with Crippen molar-refractivity contribution in [1.29, 1.82) is 0 Å².